The highest BCUT2D eigenvalue weighted by atomic mass is 35.5. The molecule has 1 aromatic carbocycles. The van der Waals surface area contributed by atoms with Gasteiger partial charge in [-0.25, -0.2) is 4.68 Å². The third-order valence-electron chi connectivity index (χ3n) is 6.06. The summed E-state index contributed by atoms with van der Waals surface area (Å²) in [4.78, 5) is 39.4. The lowest BCUT2D eigenvalue weighted by Crippen LogP contribution is -2.44. The Morgan fingerprint density at radius 3 is 2.89 bits per heavy atom. The zero-order valence-electron chi connectivity index (χ0n) is 19.5. The number of fused-ring (bicyclic) bond motifs is 5. The van der Waals surface area contributed by atoms with E-state index < -0.39 is 12.1 Å². The van der Waals surface area contributed by atoms with Gasteiger partial charge in [0.15, 0.2) is 0 Å². The normalized spacial score (nSPS) is 20.4. The number of nitrogens with zero attached hydrogens (tertiary/aromatic N) is 6. The summed E-state index contributed by atoms with van der Waals surface area (Å²) in [5.41, 5.74) is 0.818. The van der Waals surface area contributed by atoms with Gasteiger partial charge in [0.2, 0.25) is 0 Å². The Balaban J connectivity index is 1.41. The third kappa shape index (κ3) is 5.09. The van der Waals surface area contributed by atoms with Crippen LogP contribution in [0.5, 0.6) is 5.75 Å². The van der Waals surface area contributed by atoms with Crippen LogP contribution in [0.1, 0.15) is 33.0 Å². The maximum Gasteiger partial charge on any atom is 0.274 e. The average Bonchev–Trinajstić information content (AvgIpc) is 3.49. The van der Waals surface area contributed by atoms with Crippen LogP contribution in [0.15, 0.2) is 41.3 Å². The first kappa shape index (κ1) is 23.9. The van der Waals surface area contributed by atoms with E-state index in [9.17, 15) is 14.4 Å². The molecule has 1 saturated heterocycles. The van der Waals surface area contributed by atoms with E-state index in [1.807, 2.05) is 0 Å². The van der Waals surface area contributed by atoms with Crippen molar-refractivity contribution in [2.24, 2.45) is 7.05 Å². The predicted octanol–water partition coefficient (Wildman–Crippen LogP) is 0.647. The van der Waals surface area contributed by atoms with Crippen molar-refractivity contribution in [1.82, 2.24) is 35.0 Å². The lowest BCUT2D eigenvalue weighted by atomic mass is 10.1. The SMILES string of the molecule is Cn1nc(C(=O)N2C[C@@H]3NC(=O)c4ccc(Cl)c(c4)OCCCn4cc(nn4)CO[C@H]3C2)ccc1=O. The van der Waals surface area contributed by atoms with E-state index in [2.05, 4.69) is 20.7 Å². The average molecular weight is 514 g/mol. The number of hydrogen-bond donors (Lipinski definition) is 1. The number of likely N-dealkylation sites (tertiary alicyclic amines) is 1. The molecule has 3 aromatic rings. The Bertz CT molecular complexity index is 1360. The van der Waals surface area contributed by atoms with Gasteiger partial charge in [-0.1, -0.05) is 16.8 Å². The van der Waals surface area contributed by atoms with Crippen LogP contribution in [-0.2, 0) is 24.9 Å². The summed E-state index contributed by atoms with van der Waals surface area (Å²) in [6.07, 6.45) is 1.95. The molecule has 0 unspecified atom stereocenters. The zero-order valence-corrected chi connectivity index (χ0v) is 20.2. The van der Waals surface area contributed by atoms with Crippen LogP contribution in [0, 0.1) is 0 Å². The molecule has 2 aliphatic rings. The molecule has 0 spiro atoms. The van der Waals surface area contributed by atoms with Gasteiger partial charge >= 0.3 is 0 Å². The van der Waals surface area contributed by atoms with Crippen molar-refractivity contribution < 1.29 is 19.1 Å². The van der Waals surface area contributed by atoms with Crippen molar-refractivity contribution >= 4 is 23.4 Å². The number of halogens is 1. The molecule has 0 radical (unpaired) electrons. The molecule has 0 saturated carbocycles. The maximum atomic E-state index is 13.1. The number of ether oxygens (including phenoxy) is 2. The molecule has 2 aliphatic heterocycles. The number of carbonyl (C=O) groups excluding carboxylic acids is 2. The second kappa shape index (κ2) is 10.1. The number of nitrogens with one attached hydrogen (secondary N) is 1. The summed E-state index contributed by atoms with van der Waals surface area (Å²) in [5, 5.41) is 15.7. The molecule has 188 valence electrons. The Hall–Kier alpha value is -3.77. The fraction of sp³-hybridized carbons (Fsp3) is 0.391. The lowest BCUT2D eigenvalue weighted by Gasteiger charge is -2.20. The molecule has 1 fully saturated rings. The summed E-state index contributed by atoms with van der Waals surface area (Å²) >= 11 is 6.26. The standard InChI is InChI=1S/C23H24ClN7O5/c1-29-21(32)6-5-17(27-29)23(34)30-11-18-20(12-30)36-13-15-10-31(28-26-15)7-2-8-35-19-9-14(22(33)25-18)3-4-16(19)24/h3-6,9-10,18,20H,2,7-8,11-13H2,1H3,(H,25,33)/t18-,20-/m0/s1. The zero-order chi connectivity index (χ0) is 25.2. The first-order valence-electron chi connectivity index (χ1n) is 11.4. The summed E-state index contributed by atoms with van der Waals surface area (Å²) in [5.74, 6) is -0.301. The lowest BCUT2D eigenvalue weighted by molar-refractivity contribution is 0.0290. The topological polar surface area (TPSA) is 133 Å². The minimum Gasteiger partial charge on any atom is -0.492 e. The van der Waals surface area contributed by atoms with Crippen LogP contribution in [-0.4, -0.2) is 73.3 Å². The number of amides is 2. The predicted molar refractivity (Wildman–Crippen MR) is 127 cm³/mol. The maximum absolute atomic E-state index is 13.1. The minimum absolute atomic E-state index is 0.128. The molecular weight excluding hydrogens is 490 g/mol. The van der Waals surface area contributed by atoms with Gasteiger partial charge in [-0.3, -0.25) is 19.1 Å². The van der Waals surface area contributed by atoms with Gasteiger partial charge in [0.25, 0.3) is 17.4 Å². The van der Waals surface area contributed by atoms with Crippen LogP contribution in [0.2, 0.25) is 5.02 Å². The number of benzene rings is 1. The van der Waals surface area contributed by atoms with Gasteiger partial charge < -0.3 is 19.7 Å². The van der Waals surface area contributed by atoms with Gasteiger partial charge in [-0.05, 0) is 24.3 Å². The molecule has 5 rings (SSSR count). The Labute approximate surface area is 210 Å². The smallest absolute Gasteiger partial charge is 0.274 e. The first-order valence-corrected chi connectivity index (χ1v) is 11.8. The van der Waals surface area contributed by atoms with Crippen LogP contribution < -0.4 is 15.6 Å². The van der Waals surface area contributed by atoms with Gasteiger partial charge in [0.05, 0.1) is 36.6 Å². The van der Waals surface area contributed by atoms with Crippen LogP contribution >= 0.6 is 11.6 Å². The van der Waals surface area contributed by atoms with Crippen molar-refractivity contribution in [3.05, 3.63) is 68.9 Å². The van der Waals surface area contributed by atoms with Gasteiger partial charge in [-0.2, -0.15) is 5.10 Å². The molecule has 4 bridgehead atoms. The number of rotatable bonds is 1. The molecule has 12 nitrogen and oxygen atoms in total. The molecule has 1 N–H and O–H groups in total. The van der Waals surface area contributed by atoms with Crippen LogP contribution in [0.3, 0.4) is 0 Å². The Morgan fingerprint density at radius 1 is 1.19 bits per heavy atom. The van der Waals surface area contributed by atoms with Crippen LogP contribution in [0.25, 0.3) is 0 Å². The van der Waals surface area contributed by atoms with Crippen molar-refractivity contribution in [1.29, 1.82) is 0 Å². The fourth-order valence-electron chi connectivity index (χ4n) is 4.15. The molecule has 4 heterocycles. The van der Waals surface area contributed by atoms with E-state index in [4.69, 9.17) is 21.1 Å². The summed E-state index contributed by atoms with van der Waals surface area (Å²) in [6.45, 7) is 1.56. The van der Waals surface area contributed by atoms with Crippen molar-refractivity contribution in [2.45, 2.75) is 31.7 Å². The summed E-state index contributed by atoms with van der Waals surface area (Å²) in [7, 11) is 1.48. The van der Waals surface area contributed by atoms with E-state index in [1.165, 1.54) is 19.2 Å². The number of hydrogen-bond acceptors (Lipinski definition) is 8. The third-order valence-corrected chi connectivity index (χ3v) is 6.38. The summed E-state index contributed by atoms with van der Waals surface area (Å²) in [6, 6.07) is 7.00. The largest absolute Gasteiger partial charge is 0.492 e. The monoisotopic (exact) mass is 513 g/mol. The Morgan fingerprint density at radius 2 is 2.06 bits per heavy atom. The quantitative estimate of drug-likeness (QED) is 0.501. The fourth-order valence-corrected chi connectivity index (χ4v) is 4.32. The highest BCUT2D eigenvalue weighted by Gasteiger charge is 2.38. The van der Waals surface area contributed by atoms with E-state index in [0.29, 0.717) is 41.6 Å². The number of aromatic nitrogens is 5. The van der Waals surface area contributed by atoms with Crippen LogP contribution in [0.4, 0.5) is 0 Å². The van der Waals surface area contributed by atoms with Crippen molar-refractivity contribution in [2.75, 3.05) is 19.7 Å². The highest BCUT2D eigenvalue weighted by Crippen LogP contribution is 2.26. The van der Waals surface area contributed by atoms with E-state index in [-0.39, 0.29) is 42.8 Å². The molecule has 2 aromatic heterocycles. The van der Waals surface area contributed by atoms with Gasteiger partial charge in [0, 0.05) is 44.7 Å². The van der Waals surface area contributed by atoms with Gasteiger partial charge in [0.1, 0.15) is 17.1 Å². The van der Waals surface area contributed by atoms with Crippen molar-refractivity contribution in [3.63, 3.8) is 0 Å². The number of carbonyl (C=O) groups is 2. The molecule has 36 heavy (non-hydrogen) atoms. The molecule has 2 atom stereocenters. The van der Waals surface area contributed by atoms with Gasteiger partial charge in [-0.15, -0.1) is 5.10 Å². The second-order valence-corrected chi connectivity index (χ2v) is 9.05. The Kier molecular flexibility index (Phi) is 6.70. The van der Waals surface area contributed by atoms with Crippen molar-refractivity contribution in [3.8, 4) is 5.75 Å². The minimum atomic E-state index is -0.508. The van der Waals surface area contributed by atoms with E-state index >= 15 is 0 Å². The second-order valence-electron chi connectivity index (χ2n) is 8.64. The highest BCUT2D eigenvalue weighted by molar-refractivity contribution is 6.32. The van der Waals surface area contributed by atoms with E-state index in [0.717, 1.165) is 4.68 Å². The number of aryl methyl sites for hydroxylation is 2. The summed E-state index contributed by atoms with van der Waals surface area (Å²) < 4.78 is 14.7. The first-order chi connectivity index (χ1) is 17.4. The van der Waals surface area contributed by atoms with E-state index in [1.54, 1.807) is 34.0 Å². The molecule has 0 aliphatic carbocycles. The molecule has 13 heteroatoms. The molecule has 2 amide bonds. The molecular formula is C23H24ClN7O5.